The summed E-state index contributed by atoms with van der Waals surface area (Å²) in [7, 11) is 1.53. The first-order chi connectivity index (χ1) is 12.2. The van der Waals surface area contributed by atoms with Gasteiger partial charge in [-0.3, -0.25) is 9.36 Å². The summed E-state index contributed by atoms with van der Waals surface area (Å²) in [5, 5.41) is 12.3. The maximum atomic E-state index is 13.0. The number of aromatic amines is 1. The standard InChI is InChI=1S/C19H15N3O3/c1-25-16-14-10-6-2-4-8-12(10)20-15(14)17-21-13-9-5-3-7-11(13)18(23)22(17)19(16)24/h2-9,16,19-20,24H,1H3/t16-,19+/m1/s1. The lowest BCUT2D eigenvalue weighted by Gasteiger charge is -2.30. The van der Waals surface area contributed by atoms with Crippen LogP contribution in [0.1, 0.15) is 17.9 Å². The van der Waals surface area contributed by atoms with E-state index < -0.39 is 12.3 Å². The summed E-state index contributed by atoms with van der Waals surface area (Å²) in [4.78, 5) is 20.9. The normalized spacial score (nSPS) is 19.1. The predicted octanol–water partition coefficient (Wildman–Crippen LogP) is 2.74. The summed E-state index contributed by atoms with van der Waals surface area (Å²) in [6, 6.07) is 14.9. The minimum atomic E-state index is -1.14. The minimum absolute atomic E-state index is 0.278. The molecule has 5 rings (SSSR count). The van der Waals surface area contributed by atoms with Crippen LogP contribution in [0.2, 0.25) is 0 Å². The molecule has 6 nitrogen and oxygen atoms in total. The Kier molecular flexibility index (Phi) is 2.89. The topological polar surface area (TPSA) is 80.1 Å². The van der Waals surface area contributed by atoms with E-state index in [1.165, 1.54) is 11.7 Å². The Bertz CT molecular complexity index is 1190. The van der Waals surface area contributed by atoms with Gasteiger partial charge in [-0.05, 0) is 18.2 Å². The van der Waals surface area contributed by atoms with Crippen LogP contribution in [-0.4, -0.2) is 26.8 Å². The third-order valence-corrected chi connectivity index (χ3v) is 4.85. The van der Waals surface area contributed by atoms with E-state index in [1.54, 1.807) is 18.2 Å². The Morgan fingerprint density at radius 3 is 2.64 bits per heavy atom. The van der Waals surface area contributed by atoms with Crippen LogP contribution < -0.4 is 5.56 Å². The van der Waals surface area contributed by atoms with Crippen molar-refractivity contribution in [2.45, 2.75) is 12.3 Å². The van der Waals surface area contributed by atoms with Crippen molar-refractivity contribution in [3.8, 4) is 11.5 Å². The van der Waals surface area contributed by atoms with Crippen molar-refractivity contribution in [2.75, 3.05) is 7.11 Å². The predicted molar refractivity (Wildman–Crippen MR) is 94.3 cm³/mol. The van der Waals surface area contributed by atoms with E-state index in [1.807, 2.05) is 30.3 Å². The number of aromatic nitrogens is 3. The van der Waals surface area contributed by atoms with E-state index in [-0.39, 0.29) is 5.56 Å². The van der Waals surface area contributed by atoms with Gasteiger partial charge in [-0.2, -0.15) is 0 Å². The number of aliphatic hydroxyl groups excluding tert-OH is 1. The lowest BCUT2D eigenvalue weighted by atomic mass is 9.99. The summed E-state index contributed by atoms with van der Waals surface area (Å²) in [6.45, 7) is 0. The number of benzene rings is 2. The smallest absolute Gasteiger partial charge is 0.263 e. The molecule has 2 atom stereocenters. The monoisotopic (exact) mass is 333 g/mol. The second kappa shape index (κ2) is 5.02. The van der Waals surface area contributed by atoms with Gasteiger partial charge < -0.3 is 14.8 Å². The van der Waals surface area contributed by atoms with E-state index in [0.717, 1.165) is 16.5 Å². The van der Waals surface area contributed by atoms with Crippen molar-refractivity contribution in [1.29, 1.82) is 0 Å². The second-order valence-electron chi connectivity index (χ2n) is 6.16. The zero-order chi connectivity index (χ0) is 17.1. The van der Waals surface area contributed by atoms with Crippen molar-refractivity contribution in [2.24, 2.45) is 0 Å². The highest BCUT2D eigenvalue weighted by atomic mass is 16.5. The highest BCUT2D eigenvalue weighted by molar-refractivity contribution is 5.91. The Morgan fingerprint density at radius 1 is 1.12 bits per heavy atom. The molecule has 2 N–H and O–H groups in total. The van der Waals surface area contributed by atoms with Crippen LogP contribution in [0.5, 0.6) is 0 Å². The number of para-hydroxylation sites is 2. The van der Waals surface area contributed by atoms with Gasteiger partial charge in [0, 0.05) is 23.6 Å². The van der Waals surface area contributed by atoms with Gasteiger partial charge in [0.2, 0.25) is 0 Å². The summed E-state index contributed by atoms with van der Waals surface area (Å²) in [5.74, 6) is 0.427. The molecule has 0 saturated heterocycles. The minimum Gasteiger partial charge on any atom is -0.372 e. The molecule has 1 aliphatic heterocycles. The first-order valence-electron chi connectivity index (χ1n) is 8.04. The maximum Gasteiger partial charge on any atom is 0.263 e. The number of aliphatic hydroxyl groups is 1. The van der Waals surface area contributed by atoms with Gasteiger partial charge >= 0.3 is 0 Å². The van der Waals surface area contributed by atoms with Crippen LogP contribution in [-0.2, 0) is 4.74 Å². The number of fused-ring (bicyclic) bond motifs is 6. The number of nitrogens with zero attached hydrogens (tertiary/aromatic N) is 2. The molecule has 2 aromatic carbocycles. The molecule has 1 aliphatic rings. The Hall–Kier alpha value is -2.96. The summed E-state index contributed by atoms with van der Waals surface area (Å²) in [5.41, 5.74) is 2.78. The average molecular weight is 333 g/mol. The van der Waals surface area contributed by atoms with Gasteiger partial charge in [0.05, 0.1) is 16.6 Å². The molecule has 6 heteroatoms. The van der Waals surface area contributed by atoms with Gasteiger partial charge in [0.25, 0.3) is 5.56 Å². The number of methoxy groups -OCH3 is 1. The zero-order valence-electron chi connectivity index (χ0n) is 13.4. The lowest BCUT2D eigenvalue weighted by molar-refractivity contribution is -0.0578. The van der Waals surface area contributed by atoms with Crippen LogP contribution in [0.4, 0.5) is 0 Å². The fraction of sp³-hybridized carbons (Fsp3) is 0.158. The fourth-order valence-corrected chi connectivity index (χ4v) is 3.73. The van der Waals surface area contributed by atoms with Gasteiger partial charge in [-0.25, -0.2) is 4.98 Å². The zero-order valence-corrected chi connectivity index (χ0v) is 13.4. The molecule has 0 amide bonds. The molecule has 3 heterocycles. The molecule has 0 bridgehead atoms. The number of ether oxygens (including phenoxy) is 1. The van der Waals surface area contributed by atoms with Gasteiger partial charge in [0.1, 0.15) is 6.10 Å². The van der Waals surface area contributed by atoms with Gasteiger partial charge in [-0.1, -0.05) is 30.3 Å². The number of H-pyrrole nitrogens is 1. The summed E-state index contributed by atoms with van der Waals surface area (Å²) >= 11 is 0. The average Bonchev–Trinajstić information content (AvgIpc) is 3.02. The molecule has 0 aliphatic carbocycles. The van der Waals surface area contributed by atoms with Crippen LogP contribution in [0.25, 0.3) is 33.3 Å². The molecule has 2 aromatic heterocycles. The lowest BCUT2D eigenvalue weighted by Crippen LogP contribution is -2.35. The first-order valence-corrected chi connectivity index (χ1v) is 8.04. The maximum absolute atomic E-state index is 13.0. The highest BCUT2D eigenvalue weighted by Crippen LogP contribution is 2.43. The van der Waals surface area contributed by atoms with E-state index in [2.05, 4.69) is 9.97 Å². The first kappa shape index (κ1) is 14.4. The van der Waals surface area contributed by atoms with Crippen LogP contribution in [0.15, 0.2) is 53.3 Å². The van der Waals surface area contributed by atoms with Gasteiger partial charge in [-0.15, -0.1) is 0 Å². The Labute approximate surface area is 142 Å². The molecule has 4 aromatic rings. The molecule has 124 valence electrons. The molecular formula is C19H15N3O3. The van der Waals surface area contributed by atoms with E-state index in [4.69, 9.17) is 4.74 Å². The summed E-state index contributed by atoms with van der Waals surface area (Å²) in [6.07, 6.45) is -1.80. The molecule has 0 unspecified atom stereocenters. The van der Waals surface area contributed by atoms with Crippen molar-refractivity contribution in [1.82, 2.24) is 14.5 Å². The number of hydrogen-bond donors (Lipinski definition) is 2. The highest BCUT2D eigenvalue weighted by Gasteiger charge is 2.37. The van der Waals surface area contributed by atoms with E-state index in [0.29, 0.717) is 22.4 Å². The van der Waals surface area contributed by atoms with Crippen molar-refractivity contribution >= 4 is 21.8 Å². The quantitative estimate of drug-likeness (QED) is 0.561. The largest absolute Gasteiger partial charge is 0.372 e. The molecule has 0 radical (unpaired) electrons. The van der Waals surface area contributed by atoms with Crippen molar-refractivity contribution in [3.05, 3.63) is 64.4 Å². The Morgan fingerprint density at radius 2 is 1.84 bits per heavy atom. The van der Waals surface area contributed by atoms with Crippen LogP contribution in [0, 0.1) is 0 Å². The number of hydrogen-bond acceptors (Lipinski definition) is 4. The molecular weight excluding hydrogens is 318 g/mol. The molecule has 25 heavy (non-hydrogen) atoms. The third kappa shape index (κ3) is 1.80. The van der Waals surface area contributed by atoms with E-state index in [9.17, 15) is 9.90 Å². The molecule has 0 spiro atoms. The molecule has 0 fully saturated rings. The number of rotatable bonds is 1. The van der Waals surface area contributed by atoms with Gasteiger partial charge in [0.15, 0.2) is 12.1 Å². The van der Waals surface area contributed by atoms with Crippen LogP contribution in [0.3, 0.4) is 0 Å². The third-order valence-electron chi connectivity index (χ3n) is 4.85. The molecule has 0 saturated carbocycles. The summed E-state index contributed by atoms with van der Waals surface area (Å²) < 4.78 is 6.88. The Balaban J connectivity index is 1.96. The SMILES string of the molecule is CO[C@@H]1c2c([nH]c3ccccc23)-c2nc3ccccc3c(=O)n2[C@H]1O. The van der Waals surface area contributed by atoms with Crippen molar-refractivity contribution < 1.29 is 9.84 Å². The van der Waals surface area contributed by atoms with E-state index >= 15 is 0 Å². The number of nitrogens with one attached hydrogen (secondary N) is 1. The van der Waals surface area contributed by atoms with Crippen molar-refractivity contribution in [3.63, 3.8) is 0 Å². The second-order valence-corrected chi connectivity index (χ2v) is 6.16. The fourth-order valence-electron chi connectivity index (χ4n) is 3.73. The van der Waals surface area contributed by atoms with Crippen LogP contribution >= 0.6 is 0 Å².